The zero-order valence-corrected chi connectivity index (χ0v) is 15.3. The molecule has 1 aromatic carbocycles. The molecule has 0 fully saturated rings. The normalized spacial score (nSPS) is 10.8. The highest BCUT2D eigenvalue weighted by atomic mass is 19.1. The molecule has 1 N–H and O–H groups in total. The molecule has 0 aliphatic rings. The number of rotatable bonds is 5. The van der Waals surface area contributed by atoms with E-state index in [9.17, 15) is 4.39 Å². The molecule has 4 aromatic rings. The topological polar surface area (TPSA) is 85.7 Å². The summed E-state index contributed by atoms with van der Waals surface area (Å²) in [5.41, 5.74) is 3.72. The summed E-state index contributed by atoms with van der Waals surface area (Å²) in [5.74, 6) is 0.829. The molecule has 3 heterocycles. The first-order valence-corrected chi connectivity index (χ1v) is 8.62. The van der Waals surface area contributed by atoms with Crippen molar-refractivity contribution in [2.45, 2.75) is 13.5 Å². The predicted octanol–water partition coefficient (Wildman–Crippen LogP) is 3.55. The Bertz CT molecular complexity index is 1120. The fourth-order valence-electron chi connectivity index (χ4n) is 2.82. The number of pyridine rings is 1. The van der Waals surface area contributed by atoms with Crippen LogP contribution in [0.4, 0.5) is 10.2 Å². The Morgan fingerprint density at radius 1 is 1.04 bits per heavy atom. The predicted molar refractivity (Wildman–Crippen MR) is 103 cm³/mol. The van der Waals surface area contributed by atoms with Crippen molar-refractivity contribution < 1.29 is 9.13 Å². The minimum Gasteiger partial charge on any atom is -0.494 e. The third-order valence-corrected chi connectivity index (χ3v) is 4.24. The Morgan fingerprint density at radius 3 is 2.64 bits per heavy atom. The fourth-order valence-corrected chi connectivity index (χ4v) is 2.82. The Hall–Kier alpha value is -3.68. The zero-order valence-electron chi connectivity index (χ0n) is 15.3. The number of benzene rings is 1. The van der Waals surface area contributed by atoms with Gasteiger partial charge in [-0.15, -0.1) is 0 Å². The van der Waals surface area contributed by atoms with Crippen LogP contribution in [0, 0.1) is 12.7 Å². The van der Waals surface area contributed by atoms with Gasteiger partial charge >= 0.3 is 0 Å². The largest absolute Gasteiger partial charge is 0.494 e. The van der Waals surface area contributed by atoms with Gasteiger partial charge in [0.25, 0.3) is 0 Å². The second kappa shape index (κ2) is 7.51. The molecule has 140 valence electrons. The fraction of sp³-hybridized carbons (Fsp3) is 0.150. The molecular formula is C20H17FN6O. The first-order chi connectivity index (χ1) is 13.6. The molecule has 0 radical (unpaired) electrons. The molecule has 0 saturated heterocycles. The summed E-state index contributed by atoms with van der Waals surface area (Å²) in [6.07, 6.45) is 2.66. The van der Waals surface area contributed by atoms with Gasteiger partial charge in [-0.25, -0.2) is 14.4 Å². The minimum atomic E-state index is -0.388. The van der Waals surface area contributed by atoms with E-state index in [1.165, 1.54) is 18.6 Å². The van der Waals surface area contributed by atoms with Gasteiger partial charge in [-0.1, -0.05) is 0 Å². The van der Waals surface area contributed by atoms with Crippen LogP contribution in [0.2, 0.25) is 0 Å². The molecule has 0 saturated carbocycles. The molecule has 28 heavy (non-hydrogen) atoms. The standard InChI is InChI=1S/C20H17FN6O/c1-12-3-5-15(27-26-12)10-23-20-16-7-13(17-6-4-14(21)9-22-17)8-18(28-2)19(16)24-11-25-20/h3-9,11H,10H2,1-2H3,(H,23,24,25). The highest BCUT2D eigenvalue weighted by molar-refractivity contribution is 5.96. The van der Waals surface area contributed by atoms with Crippen LogP contribution >= 0.6 is 0 Å². The summed E-state index contributed by atoms with van der Waals surface area (Å²) in [4.78, 5) is 12.9. The number of ether oxygens (including phenoxy) is 1. The van der Waals surface area contributed by atoms with E-state index in [-0.39, 0.29) is 5.82 Å². The van der Waals surface area contributed by atoms with Gasteiger partial charge in [-0.05, 0) is 43.3 Å². The molecule has 0 amide bonds. The molecule has 0 bridgehead atoms. The maximum absolute atomic E-state index is 13.2. The lowest BCUT2D eigenvalue weighted by atomic mass is 10.1. The number of methoxy groups -OCH3 is 1. The van der Waals surface area contributed by atoms with E-state index in [4.69, 9.17) is 4.74 Å². The molecule has 0 aliphatic carbocycles. The van der Waals surface area contributed by atoms with E-state index in [1.54, 1.807) is 13.2 Å². The summed E-state index contributed by atoms with van der Waals surface area (Å²) in [7, 11) is 1.58. The molecule has 0 spiro atoms. The highest BCUT2D eigenvalue weighted by Crippen LogP contribution is 2.33. The Morgan fingerprint density at radius 2 is 1.93 bits per heavy atom. The molecule has 4 rings (SSSR count). The molecule has 7 nitrogen and oxygen atoms in total. The van der Waals surface area contributed by atoms with Crippen LogP contribution in [-0.2, 0) is 6.54 Å². The van der Waals surface area contributed by atoms with Crippen LogP contribution in [-0.4, -0.2) is 32.3 Å². The molecular weight excluding hydrogens is 359 g/mol. The Labute approximate surface area is 160 Å². The van der Waals surface area contributed by atoms with Crippen LogP contribution in [0.15, 0.2) is 48.9 Å². The van der Waals surface area contributed by atoms with Crippen molar-refractivity contribution >= 4 is 16.7 Å². The van der Waals surface area contributed by atoms with Crippen molar-refractivity contribution in [3.05, 3.63) is 66.1 Å². The number of aryl methyl sites for hydroxylation is 1. The van der Waals surface area contributed by atoms with Gasteiger partial charge in [-0.2, -0.15) is 10.2 Å². The smallest absolute Gasteiger partial charge is 0.145 e. The van der Waals surface area contributed by atoms with Crippen molar-refractivity contribution in [1.82, 2.24) is 25.1 Å². The van der Waals surface area contributed by atoms with E-state index in [1.807, 2.05) is 31.2 Å². The van der Waals surface area contributed by atoms with Gasteiger partial charge < -0.3 is 10.1 Å². The van der Waals surface area contributed by atoms with Crippen molar-refractivity contribution in [3.63, 3.8) is 0 Å². The van der Waals surface area contributed by atoms with E-state index >= 15 is 0 Å². The molecule has 8 heteroatoms. The quantitative estimate of drug-likeness (QED) is 0.570. The lowest BCUT2D eigenvalue weighted by Crippen LogP contribution is -2.05. The maximum atomic E-state index is 13.2. The van der Waals surface area contributed by atoms with Gasteiger partial charge in [0.2, 0.25) is 0 Å². The number of halogens is 1. The van der Waals surface area contributed by atoms with E-state index in [0.29, 0.717) is 29.3 Å². The van der Waals surface area contributed by atoms with Crippen molar-refractivity contribution in [1.29, 1.82) is 0 Å². The average molecular weight is 376 g/mol. The average Bonchev–Trinajstić information content (AvgIpc) is 2.73. The van der Waals surface area contributed by atoms with Crippen LogP contribution < -0.4 is 10.1 Å². The van der Waals surface area contributed by atoms with Crippen molar-refractivity contribution in [2.24, 2.45) is 0 Å². The second-order valence-electron chi connectivity index (χ2n) is 6.18. The summed E-state index contributed by atoms with van der Waals surface area (Å²) in [5, 5.41) is 12.3. The number of hydrogen-bond donors (Lipinski definition) is 1. The van der Waals surface area contributed by atoms with Crippen molar-refractivity contribution in [2.75, 3.05) is 12.4 Å². The third kappa shape index (κ3) is 3.57. The van der Waals surface area contributed by atoms with Crippen LogP contribution in [0.5, 0.6) is 5.75 Å². The zero-order chi connectivity index (χ0) is 19.5. The monoisotopic (exact) mass is 376 g/mol. The summed E-state index contributed by atoms with van der Waals surface area (Å²) in [6.45, 7) is 2.35. The number of nitrogens with zero attached hydrogens (tertiary/aromatic N) is 5. The highest BCUT2D eigenvalue weighted by Gasteiger charge is 2.13. The number of aromatic nitrogens is 5. The lowest BCUT2D eigenvalue weighted by Gasteiger charge is -2.12. The minimum absolute atomic E-state index is 0.388. The number of nitrogens with one attached hydrogen (secondary N) is 1. The van der Waals surface area contributed by atoms with Crippen LogP contribution in [0.25, 0.3) is 22.2 Å². The van der Waals surface area contributed by atoms with Crippen LogP contribution in [0.1, 0.15) is 11.4 Å². The molecule has 3 aromatic heterocycles. The van der Waals surface area contributed by atoms with Gasteiger partial charge in [0.1, 0.15) is 29.2 Å². The van der Waals surface area contributed by atoms with Gasteiger partial charge in [0, 0.05) is 10.9 Å². The summed E-state index contributed by atoms with van der Waals surface area (Å²) < 4.78 is 18.7. The second-order valence-corrected chi connectivity index (χ2v) is 6.18. The first-order valence-electron chi connectivity index (χ1n) is 8.62. The summed E-state index contributed by atoms with van der Waals surface area (Å²) in [6, 6.07) is 10.5. The van der Waals surface area contributed by atoms with E-state index in [0.717, 1.165) is 22.3 Å². The summed E-state index contributed by atoms with van der Waals surface area (Å²) >= 11 is 0. The first kappa shape index (κ1) is 17.7. The third-order valence-electron chi connectivity index (χ3n) is 4.24. The van der Waals surface area contributed by atoms with Crippen molar-refractivity contribution in [3.8, 4) is 17.0 Å². The van der Waals surface area contributed by atoms with Gasteiger partial charge in [0.05, 0.1) is 36.9 Å². The molecule has 0 atom stereocenters. The molecule has 0 unspecified atom stereocenters. The van der Waals surface area contributed by atoms with E-state index in [2.05, 4.69) is 30.5 Å². The van der Waals surface area contributed by atoms with Gasteiger partial charge in [0.15, 0.2) is 0 Å². The van der Waals surface area contributed by atoms with Crippen LogP contribution in [0.3, 0.4) is 0 Å². The van der Waals surface area contributed by atoms with E-state index < -0.39 is 0 Å². The molecule has 0 aliphatic heterocycles. The number of fused-ring (bicyclic) bond motifs is 1. The van der Waals surface area contributed by atoms with Gasteiger partial charge in [-0.3, -0.25) is 4.98 Å². The maximum Gasteiger partial charge on any atom is 0.145 e. The number of anilines is 1. The lowest BCUT2D eigenvalue weighted by molar-refractivity contribution is 0.419. The SMILES string of the molecule is COc1cc(-c2ccc(F)cn2)cc2c(NCc3ccc(C)nn3)ncnc12. The Balaban J connectivity index is 1.75. The number of hydrogen-bond acceptors (Lipinski definition) is 7. The Kier molecular flexibility index (Phi) is 4.76.